The van der Waals surface area contributed by atoms with E-state index in [1.165, 1.54) is 13.0 Å². The Morgan fingerprint density at radius 3 is 2.74 bits per heavy atom. The Bertz CT molecular complexity index is 1090. The van der Waals surface area contributed by atoms with Crippen molar-refractivity contribution in [2.75, 3.05) is 0 Å². The molecule has 23 heavy (non-hydrogen) atoms. The van der Waals surface area contributed by atoms with Crippen LogP contribution in [0.4, 0.5) is 0 Å². The lowest BCUT2D eigenvalue weighted by Gasteiger charge is -2.08. The van der Waals surface area contributed by atoms with E-state index in [0.717, 1.165) is 5.56 Å². The number of hydrogen-bond acceptors (Lipinski definition) is 3. The molecule has 3 aromatic rings. The third kappa shape index (κ3) is 2.82. The summed E-state index contributed by atoms with van der Waals surface area (Å²) in [5.74, 6) is -0.674. The van der Waals surface area contributed by atoms with Gasteiger partial charge in [-0.25, -0.2) is 0 Å². The van der Waals surface area contributed by atoms with Crippen LogP contribution in [-0.4, -0.2) is 10.9 Å². The number of ketones is 1. The number of carbonyl (C=O) groups excluding carboxylic acids is 1. The minimum atomic E-state index is -1.19. The number of aliphatic hydroxyl groups excluding tert-OH is 1. The van der Waals surface area contributed by atoms with E-state index in [1.807, 2.05) is 0 Å². The molecule has 1 heterocycles. The molecule has 0 amide bonds. The molecule has 0 fully saturated rings. The van der Waals surface area contributed by atoms with Gasteiger partial charge in [0.1, 0.15) is 17.4 Å². The van der Waals surface area contributed by atoms with Gasteiger partial charge in [-0.15, -0.1) is 0 Å². The number of aliphatic hydroxyl groups is 1. The van der Waals surface area contributed by atoms with Crippen molar-refractivity contribution in [2.45, 2.75) is 20.0 Å². The molecule has 0 radical (unpaired) electrons. The molecule has 0 aliphatic carbocycles. The standard InChI is InChI=1S/C18H14BrClO3/c1-9-13(19)7-11(8-14(9)20)17(22)16-12-5-3-4-6-15(12)23-18(16)10(2)21/h3-8,10,21H,1-2H3/i3D,4D,5D,6D. The molecular formula is C18H14BrClO3. The van der Waals surface area contributed by atoms with Crippen molar-refractivity contribution in [3.05, 3.63) is 68.2 Å². The number of hydrogen-bond donors (Lipinski definition) is 1. The number of carbonyl (C=O) groups is 1. The first-order valence-electron chi connectivity index (χ1n) is 8.77. The van der Waals surface area contributed by atoms with E-state index in [1.54, 1.807) is 13.0 Å². The summed E-state index contributed by atoms with van der Waals surface area (Å²) in [7, 11) is 0. The van der Waals surface area contributed by atoms with Crippen LogP contribution >= 0.6 is 27.5 Å². The molecule has 0 spiro atoms. The van der Waals surface area contributed by atoms with Crippen LogP contribution in [0.25, 0.3) is 11.0 Å². The Morgan fingerprint density at radius 1 is 1.39 bits per heavy atom. The van der Waals surface area contributed by atoms with Gasteiger partial charge in [-0.3, -0.25) is 4.79 Å². The lowest BCUT2D eigenvalue weighted by atomic mass is 9.98. The van der Waals surface area contributed by atoms with Crippen molar-refractivity contribution in [1.29, 1.82) is 0 Å². The van der Waals surface area contributed by atoms with Crippen molar-refractivity contribution >= 4 is 44.3 Å². The van der Waals surface area contributed by atoms with Gasteiger partial charge in [0.15, 0.2) is 5.78 Å². The van der Waals surface area contributed by atoms with Crippen molar-refractivity contribution in [3.63, 3.8) is 0 Å². The first kappa shape index (κ1) is 11.8. The SMILES string of the molecule is [2H]c1c([2H])c([2H])c2c(C(=O)c3cc(Cl)c(C)c(Br)c3)c(C(C)O)oc2c1[2H]. The van der Waals surface area contributed by atoms with Crippen LogP contribution in [0, 0.1) is 6.92 Å². The van der Waals surface area contributed by atoms with Crippen LogP contribution in [0.2, 0.25) is 5.02 Å². The molecule has 118 valence electrons. The summed E-state index contributed by atoms with van der Waals surface area (Å²) in [5, 5.41) is 10.4. The topological polar surface area (TPSA) is 50.4 Å². The molecule has 3 rings (SSSR count). The van der Waals surface area contributed by atoms with Gasteiger partial charge >= 0.3 is 0 Å². The summed E-state index contributed by atoms with van der Waals surface area (Å²) < 4.78 is 38.0. The normalized spacial score (nSPS) is 15.0. The van der Waals surface area contributed by atoms with Crippen LogP contribution in [0.1, 0.15) is 45.8 Å². The maximum atomic E-state index is 13.2. The maximum absolute atomic E-state index is 13.2. The fraction of sp³-hybridized carbons (Fsp3) is 0.167. The molecule has 1 aromatic heterocycles. The predicted octanol–water partition coefficient (Wildman–Crippen LogP) is 5.44. The summed E-state index contributed by atoms with van der Waals surface area (Å²) in [6, 6.07) is 1.28. The fourth-order valence-electron chi connectivity index (χ4n) is 2.28. The molecule has 5 heteroatoms. The number of furan rings is 1. The third-order valence-electron chi connectivity index (χ3n) is 3.51. The second-order valence-electron chi connectivity index (χ2n) is 5.12. The Kier molecular flexibility index (Phi) is 3.15. The van der Waals surface area contributed by atoms with E-state index < -0.39 is 36.1 Å². The van der Waals surface area contributed by atoms with Crippen LogP contribution in [0.15, 0.2) is 45.2 Å². The summed E-state index contributed by atoms with van der Waals surface area (Å²) in [6.45, 7) is 3.18. The van der Waals surface area contributed by atoms with E-state index in [2.05, 4.69) is 15.9 Å². The Morgan fingerprint density at radius 2 is 2.09 bits per heavy atom. The Hall–Kier alpha value is -1.62. The van der Waals surface area contributed by atoms with E-state index in [0.29, 0.717) is 9.50 Å². The van der Waals surface area contributed by atoms with Crippen LogP contribution < -0.4 is 0 Å². The lowest BCUT2D eigenvalue weighted by molar-refractivity contribution is 0.102. The van der Waals surface area contributed by atoms with Gasteiger partial charge in [-0.05, 0) is 37.6 Å². The molecule has 1 atom stereocenters. The molecule has 1 unspecified atom stereocenters. The van der Waals surface area contributed by atoms with Gasteiger partial charge in [0.05, 0.1) is 11.0 Å². The maximum Gasteiger partial charge on any atom is 0.197 e. The number of para-hydroxylation sites is 1. The smallest absolute Gasteiger partial charge is 0.197 e. The molecule has 2 aromatic carbocycles. The van der Waals surface area contributed by atoms with Crippen LogP contribution in [0.5, 0.6) is 0 Å². The second-order valence-corrected chi connectivity index (χ2v) is 6.38. The van der Waals surface area contributed by atoms with Crippen LogP contribution in [-0.2, 0) is 0 Å². The van der Waals surface area contributed by atoms with E-state index in [4.69, 9.17) is 21.5 Å². The molecule has 0 bridgehead atoms. The minimum absolute atomic E-state index is 0.0604. The highest BCUT2D eigenvalue weighted by atomic mass is 79.9. The quantitative estimate of drug-likeness (QED) is 0.599. The molecule has 0 aliphatic heterocycles. The van der Waals surface area contributed by atoms with Gasteiger partial charge in [0.25, 0.3) is 0 Å². The first-order valence-corrected chi connectivity index (χ1v) is 7.94. The average molecular weight is 398 g/mol. The zero-order chi connectivity index (χ0) is 20.2. The summed E-state index contributed by atoms with van der Waals surface area (Å²) >= 11 is 9.51. The third-order valence-corrected chi connectivity index (χ3v) is 4.73. The highest BCUT2D eigenvalue weighted by Gasteiger charge is 2.25. The van der Waals surface area contributed by atoms with Crippen LogP contribution in [0.3, 0.4) is 0 Å². The average Bonchev–Trinajstić information content (AvgIpc) is 3.02. The number of halogens is 2. The van der Waals surface area contributed by atoms with Crippen molar-refractivity contribution in [1.82, 2.24) is 0 Å². The van der Waals surface area contributed by atoms with Gasteiger partial charge in [0.2, 0.25) is 0 Å². The molecule has 3 nitrogen and oxygen atoms in total. The zero-order valence-corrected chi connectivity index (χ0v) is 14.6. The molecule has 0 saturated heterocycles. The predicted molar refractivity (Wildman–Crippen MR) is 94.2 cm³/mol. The molecular weight excluding hydrogens is 380 g/mol. The van der Waals surface area contributed by atoms with E-state index in [9.17, 15) is 9.90 Å². The zero-order valence-electron chi connectivity index (χ0n) is 16.3. The number of benzene rings is 2. The van der Waals surface area contributed by atoms with Crippen molar-refractivity contribution in [3.8, 4) is 0 Å². The van der Waals surface area contributed by atoms with E-state index in [-0.39, 0.29) is 27.9 Å². The number of rotatable bonds is 3. The summed E-state index contributed by atoms with van der Waals surface area (Å²) in [4.78, 5) is 13.2. The molecule has 0 aliphatic rings. The Labute approximate surface area is 152 Å². The molecule has 0 saturated carbocycles. The highest BCUT2D eigenvalue weighted by molar-refractivity contribution is 9.10. The Balaban J connectivity index is 2.40. The summed E-state index contributed by atoms with van der Waals surface area (Å²) in [6.07, 6.45) is -1.19. The number of fused-ring (bicyclic) bond motifs is 1. The fourth-order valence-corrected chi connectivity index (χ4v) is 3.07. The monoisotopic (exact) mass is 396 g/mol. The van der Waals surface area contributed by atoms with Gasteiger partial charge < -0.3 is 9.52 Å². The van der Waals surface area contributed by atoms with Gasteiger partial charge in [0, 0.05) is 20.4 Å². The van der Waals surface area contributed by atoms with Gasteiger partial charge in [-0.1, -0.05) is 45.7 Å². The minimum Gasteiger partial charge on any atom is -0.458 e. The first-order chi connectivity index (χ1) is 12.6. The lowest BCUT2D eigenvalue weighted by Crippen LogP contribution is -2.06. The summed E-state index contributed by atoms with van der Waals surface area (Å²) in [5.41, 5.74) is 0.689. The highest BCUT2D eigenvalue weighted by Crippen LogP contribution is 2.34. The van der Waals surface area contributed by atoms with Gasteiger partial charge in [-0.2, -0.15) is 0 Å². The second kappa shape index (κ2) is 6.11. The molecule has 1 N–H and O–H groups in total. The van der Waals surface area contributed by atoms with Crippen molar-refractivity contribution < 1.29 is 19.8 Å². The van der Waals surface area contributed by atoms with Crippen molar-refractivity contribution in [2.24, 2.45) is 0 Å². The largest absolute Gasteiger partial charge is 0.458 e. The van der Waals surface area contributed by atoms with E-state index >= 15 is 0 Å².